The maximum absolute atomic E-state index is 10.3. The monoisotopic (exact) mass is 268 g/mol. The number of rotatable bonds is 14. The van der Waals surface area contributed by atoms with Crippen LogP contribution in [0.15, 0.2) is 12.2 Å². The zero-order valence-electron chi connectivity index (χ0n) is 12.7. The molecule has 0 aromatic rings. The largest absolute Gasteiger partial charge is 0.481 e. The third kappa shape index (κ3) is 17.2. The first-order valence-electron chi connectivity index (χ1n) is 8.14. The van der Waals surface area contributed by atoms with Gasteiger partial charge in [-0.3, -0.25) is 4.79 Å². The maximum Gasteiger partial charge on any atom is 0.303 e. The predicted molar refractivity (Wildman–Crippen MR) is 82.5 cm³/mol. The summed E-state index contributed by atoms with van der Waals surface area (Å²) in [6, 6.07) is 0. The SMILES string of the molecule is CCCCCCCCCC=CCCCCCC(=O)O. The molecular weight excluding hydrogens is 236 g/mol. The fourth-order valence-electron chi connectivity index (χ4n) is 2.17. The summed E-state index contributed by atoms with van der Waals surface area (Å²) in [5, 5.41) is 8.49. The Morgan fingerprint density at radius 3 is 1.79 bits per heavy atom. The van der Waals surface area contributed by atoms with Gasteiger partial charge in [-0.05, 0) is 32.1 Å². The van der Waals surface area contributed by atoms with Gasteiger partial charge in [-0.15, -0.1) is 0 Å². The highest BCUT2D eigenvalue weighted by Crippen LogP contribution is 2.09. The van der Waals surface area contributed by atoms with Crippen LogP contribution in [0.25, 0.3) is 0 Å². The van der Waals surface area contributed by atoms with Gasteiger partial charge in [0.15, 0.2) is 0 Å². The minimum atomic E-state index is -0.672. The van der Waals surface area contributed by atoms with Gasteiger partial charge in [0.2, 0.25) is 0 Å². The van der Waals surface area contributed by atoms with Gasteiger partial charge in [0.05, 0.1) is 0 Å². The Hall–Kier alpha value is -0.790. The molecule has 2 nitrogen and oxygen atoms in total. The van der Waals surface area contributed by atoms with Gasteiger partial charge in [0, 0.05) is 6.42 Å². The Morgan fingerprint density at radius 2 is 1.26 bits per heavy atom. The van der Waals surface area contributed by atoms with E-state index in [1.54, 1.807) is 0 Å². The van der Waals surface area contributed by atoms with Crippen molar-refractivity contribution >= 4 is 5.97 Å². The van der Waals surface area contributed by atoms with Crippen molar-refractivity contribution in [1.82, 2.24) is 0 Å². The van der Waals surface area contributed by atoms with E-state index >= 15 is 0 Å². The Kier molecular flexibility index (Phi) is 14.6. The number of carboxylic acid groups (broad SMARTS) is 1. The van der Waals surface area contributed by atoms with Crippen molar-refractivity contribution in [2.45, 2.75) is 90.4 Å². The molecule has 0 aromatic heterocycles. The summed E-state index contributed by atoms with van der Waals surface area (Å²) in [5.41, 5.74) is 0. The van der Waals surface area contributed by atoms with Gasteiger partial charge in [-0.25, -0.2) is 0 Å². The van der Waals surface area contributed by atoms with Crippen molar-refractivity contribution in [1.29, 1.82) is 0 Å². The minimum Gasteiger partial charge on any atom is -0.481 e. The second-order valence-electron chi connectivity index (χ2n) is 5.37. The van der Waals surface area contributed by atoms with E-state index in [0.717, 1.165) is 25.7 Å². The first-order valence-corrected chi connectivity index (χ1v) is 8.14. The zero-order valence-corrected chi connectivity index (χ0v) is 12.7. The van der Waals surface area contributed by atoms with Gasteiger partial charge in [-0.2, -0.15) is 0 Å². The number of allylic oxidation sites excluding steroid dienone is 2. The molecular formula is C17H32O2. The number of hydrogen-bond donors (Lipinski definition) is 1. The summed E-state index contributed by atoms with van der Waals surface area (Å²) < 4.78 is 0. The number of aliphatic carboxylic acids is 1. The second-order valence-corrected chi connectivity index (χ2v) is 5.37. The fraction of sp³-hybridized carbons (Fsp3) is 0.824. The Balaban J connectivity index is 3.07. The average molecular weight is 268 g/mol. The summed E-state index contributed by atoms with van der Waals surface area (Å²) >= 11 is 0. The fourth-order valence-corrected chi connectivity index (χ4v) is 2.17. The molecule has 2 heteroatoms. The normalized spacial score (nSPS) is 11.2. The first-order chi connectivity index (χ1) is 9.27. The maximum atomic E-state index is 10.3. The lowest BCUT2D eigenvalue weighted by Crippen LogP contribution is -1.93. The lowest BCUT2D eigenvalue weighted by molar-refractivity contribution is -0.137. The van der Waals surface area contributed by atoms with E-state index in [1.165, 1.54) is 51.4 Å². The summed E-state index contributed by atoms with van der Waals surface area (Å²) in [7, 11) is 0. The van der Waals surface area contributed by atoms with Crippen molar-refractivity contribution in [3.8, 4) is 0 Å². The number of carboxylic acids is 1. The highest BCUT2D eigenvalue weighted by Gasteiger charge is 1.95. The highest BCUT2D eigenvalue weighted by atomic mass is 16.4. The molecule has 1 N–H and O–H groups in total. The van der Waals surface area contributed by atoms with E-state index in [2.05, 4.69) is 19.1 Å². The molecule has 0 bridgehead atoms. The Bertz CT molecular complexity index is 221. The summed E-state index contributed by atoms with van der Waals surface area (Å²) in [6.45, 7) is 2.26. The smallest absolute Gasteiger partial charge is 0.303 e. The van der Waals surface area contributed by atoms with Gasteiger partial charge >= 0.3 is 5.97 Å². The van der Waals surface area contributed by atoms with E-state index < -0.39 is 5.97 Å². The molecule has 0 aliphatic heterocycles. The molecule has 0 saturated heterocycles. The van der Waals surface area contributed by atoms with Crippen LogP contribution in [0.4, 0.5) is 0 Å². The molecule has 0 fully saturated rings. The van der Waals surface area contributed by atoms with E-state index in [9.17, 15) is 4.79 Å². The molecule has 0 aliphatic rings. The molecule has 112 valence electrons. The highest BCUT2D eigenvalue weighted by molar-refractivity contribution is 5.66. The van der Waals surface area contributed by atoms with Gasteiger partial charge in [-0.1, -0.05) is 64.0 Å². The third-order valence-electron chi connectivity index (χ3n) is 3.40. The van der Waals surface area contributed by atoms with Crippen LogP contribution in [0.1, 0.15) is 90.4 Å². The molecule has 0 spiro atoms. The molecule has 0 amide bonds. The molecule has 0 saturated carbocycles. The lowest BCUT2D eigenvalue weighted by Gasteiger charge is -1.99. The van der Waals surface area contributed by atoms with E-state index in [4.69, 9.17) is 5.11 Å². The standard InChI is InChI=1S/C17H32O2/c1-2-3-4-5-6-7-8-9-10-11-12-13-14-15-16-17(18)19/h10-11H,2-9,12-16H2,1H3,(H,18,19). The molecule has 19 heavy (non-hydrogen) atoms. The first kappa shape index (κ1) is 18.2. The molecule has 0 rings (SSSR count). The molecule has 0 unspecified atom stereocenters. The molecule has 0 radical (unpaired) electrons. The predicted octanol–water partition coefficient (Wildman–Crippen LogP) is 5.72. The van der Waals surface area contributed by atoms with Crippen molar-refractivity contribution in [3.63, 3.8) is 0 Å². The number of carbonyl (C=O) groups is 1. The topological polar surface area (TPSA) is 37.3 Å². The van der Waals surface area contributed by atoms with Crippen LogP contribution in [0.3, 0.4) is 0 Å². The van der Waals surface area contributed by atoms with Crippen LogP contribution in [0.5, 0.6) is 0 Å². The molecule has 0 aromatic carbocycles. The van der Waals surface area contributed by atoms with Gasteiger partial charge < -0.3 is 5.11 Å². The van der Waals surface area contributed by atoms with Crippen LogP contribution >= 0.6 is 0 Å². The molecule has 0 atom stereocenters. The van der Waals surface area contributed by atoms with Gasteiger partial charge in [0.1, 0.15) is 0 Å². The van der Waals surface area contributed by atoms with Crippen LogP contribution in [-0.2, 0) is 4.79 Å². The van der Waals surface area contributed by atoms with E-state index in [1.807, 2.05) is 0 Å². The van der Waals surface area contributed by atoms with E-state index in [-0.39, 0.29) is 0 Å². The van der Waals surface area contributed by atoms with Crippen molar-refractivity contribution in [3.05, 3.63) is 12.2 Å². The second kappa shape index (κ2) is 15.3. The third-order valence-corrected chi connectivity index (χ3v) is 3.40. The minimum absolute atomic E-state index is 0.321. The summed E-state index contributed by atoms with van der Waals surface area (Å²) in [6.07, 6.45) is 19.8. The molecule has 0 aliphatic carbocycles. The van der Waals surface area contributed by atoms with Crippen molar-refractivity contribution < 1.29 is 9.90 Å². The zero-order chi connectivity index (χ0) is 14.2. The van der Waals surface area contributed by atoms with Crippen LogP contribution in [0.2, 0.25) is 0 Å². The van der Waals surface area contributed by atoms with Crippen molar-refractivity contribution in [2.24, 2.45) is 0 Å². The summed E-state index contributed by atoms with van der Waals surface area (Å²) in [5.74, 6) is -0.672. The Morgan fingerprint density at radius 1 is 0.789 bits per heavy atom. The van der Waals surface area contributed by atoms with Crippen LogP contribution < -0.4 is 0 Å². The van der Waals surface area contributed by atoms with Crippen molar-refractivity contribution in [2.75, 3.05) is 0 Å². The van der Waals surface area contributed by atoms with E-state index in [0.29, 0.717) is 6.42 Å². The lowest BCUT2D eigenvalue weighted by atomic mass is 10.1. The quantitative estimate of drug-likeness (QED) is 0.323. The number of unbranched alkanes of at least 4 members (excludes halogenated alkanes) is 10. The van der Waals surface area contributed by atoms with Gasteiger partial charge in [0.25, 0.3) is 0 Å². The average Bonchev–Trinajstić information content (AvgIpc) is 2.39. The van der Waals surface area contributed by atoms with Crippen LogP contribution in [-0.4, -0.2) is 11.1 Å². The number of hydrogen-bond acceptors (Lipinski definition) is 1. The summed E-state index contributed by atoms with van der Waals surface area (Å²) in [4.78, 5) is 10.3. The van der Waals surface area contributed by atoms with Crippen LogP contribution in [0, 0.1) is 0 Å². The Labute approximate surface area is 119 Å². The molecule has 0 heterocycles.